The zero-order valence-corrected chi connectivity index (χ0v) is 22.6. The number of hydrogen-bond donors (Lipinski definition) is 2. The van der Waals surface area contributed by atoms with E-state index in [0.29, 0.717) is 17.5 Å². The van der Waals surface area contributed by atoms with Crippen LogP contribution in [0, 0.1) is 0 Å². The van der Waals surface area contributed by atoms with Crippen LogP contribution in [0.1, 0.15) is 51.0 Å². The molecule has 228 valence electrons. The number of alkyl halides is 5. The summed E-state index contributed by atoms with van der Waals surface area (Å²) in [6, 6.07) is 7.46. The first-order chi connectivity index (χ1) is 20.5. The molecule has 2 amide bonds. The summed E-state index contributed by atoms with van der Waals surface area (Å²) < 4.78 is 73.6. The lowest BCUT2D eigenvalue weighted by atomic mass is 10.2. The number of nitrogens with zero attached hydrogens (tertiary/aromatic N) is 7. The van der Waals surface area contributed by atoms with E-state index >= 15 is 0 Å². The van der Waals surface area contributed by atoms with E-state index in [2.05, 4.69) is 36.2 Å². The quantitative estimate of drug-likeness (QED) is 0.221. The molecule has 43 heavy (non-hydrogen) atoms. The standard InChI is InChI=1S/C26H26F5N9O3/c1-16(27)43-21-4-2-3-17(8-21)10-33-24(41)22-14-39(37-35-22)6-5-20(28)13-40-15-23(36-38-40)25(42)34-11-18-7-19(12-32-9-18)26(29,30)31/h2-4,7-9,12,14-16,20H,5-6,10-11,13H2,1H3,(H,33,41)(H,34,42). The van der Waals surface area contributed by atoms with Gasteiger partial charge in [0.05, 0.1) is 24.5 Å². The first-order valence-corrected chi connectivity index (χ1v) is 12.9. The smallest absolute Gasteiger partial charge is 0.417 e. The number of nitrogens with one attached hydrogen (secondary N) is 2. The number of aryl methyl sites for hydroxylation is 1. The Morgan fingerprint density at radius 2 is 1.58 bits per heavy atom. The number of halogens is 5. The predicted molar refractivity (Wildman–Crippen MR) is 139 cm³/mol. The van der Waals surface area contributed by atoms with Crippen LogP contribution in [-0.4, -0.2) is 59.3 Å². The summed E-state index contributed by atoms with van der Waals surface area (Å²) in [7, 11) is 0. The number of ether oxygens (including phenoxy) is 1. The van der Waals surface area contributed by atoms with E-state index in [1.807, 2.05) is 0 Å². The molecule has 1 aromatic carbocycles. The molecule has 0 saturated heterocycles. The monoisotopic (exact) mass is 607 g/mol. The summed E-state index contributed by atoms with van der Waals surface area (Å²) >= 11 is 0. The number of rotatable bonds is 13. The molecule has 2 unspecified atom stereocenters. The van der Waals surface area contributed by atoms with Crippen molar-refractivity contribution < 1.29 is 36.3 Å². The Balaban J connectivity index is 1.20. The first-order valence-electron chi connectivity index (χ1n) is 12.9. The maximum absolute atomic E-state index is 14.6. The Morgan fingerprint density at radius 1 is 0.930 bits per heavy atom. The van der Waals surface area contributed by atoms with Crippen molar-refractivity contribution in [3.63, 3.8) is 0 Å². The number of hydrogen-bond acceptors (Lipinski definition) is 8. The van der Waals surface area contributed by atoms with Gasteiger partial charge in [-0.3, -0.25) is 19.3 Å². The number of carbonyl (C=O) groups excluding carboxylic acids is 2. The van der Waals surface area contributed by atoms with Gasteiger partial charge in [0.15, 0.2) is 11.4 Å². The molecule has 0 aliphatic rings. The van der Waals surface area contributed by atoms with Gasteiger partial charge in [-0.15, -0.1) is 10.2 Å². The van der Waals surface area contributed by atoms with Crippen molar-refractivity contribution in [2.45, 2.75) is 58.2 Å². The zero-order chi connectivity index (χ0) is 31.0. The molecule has 2 atom stereocenters. The van der Waals surface area contributed by atoms with Crippen molar-refractivity contribution in [1.82, 2.24) is 45.6 Å². The maximum Gasteiger partial charge on any atom is 0.417 e. The highest BCUT2D eigenvalue weighted by molar-refractivity contribution is 5.92. The molecule has 3 aromatic heterocycles. The average molecular weight is 608 g/mol. The Hall–Kier alpha value is -4.96. The van der Waals surface area contributed by atoms with Gasteiger partial charge < -0.3 is 15.4 Å². The summed E-state index contributed by atoms with van der Waals surface area (Å²) in [6.45, 7) is 1.02. The molecule has 4 aromatic rings. The van der Waals surface area contributed by atoms with Gasteiger partial charge in [0.25, 0.3) is 11.8 Å². The molecule has 12 nitrogen and oxygen atoms in total. The normalized spacial score (nSPS) is 12.9. The molecule has 0 aliphatic carbocycles. The molecule has 0 fully saturated rings. The summed E-state index contributed by atoms with van der Waals surface area (Å²) in [4.78, 5) is 28.3. The van der Waals surface area contributed by atoms with Crippen LogP contribution in [0.3, 0.4) is 0 Å². The lowest BCUT2D eigenvalue weighted by molar-refractivity contribution is -0.137. The molecule has 0 aliphatic heterocycles. The Morgan fingerprint density at radius 3 is 2.26 bits per heavy atom. The topological polar surface area (TPSA) is 142 Å². The van der Waals surface area contributed by atoms with Crippen molar-refractivity contribution in [2.24, 2.45) is 0 Å². The SMILES string of the molecule is CC(F)Oc1cccc(CNC(=O)c2cn(CCC(F)Cn3cc(C(=O)NCc4cncc(C(F)(F)F)c4)nn3)nn2)c1. The predicted octanol–water partition coefficient (Wildman–Crippen LogP) is 3.27. The van der Waals surface area contributed by atoms with E-state index in [-0.39, 0.29) is 49.6 Å². The third kappa shape index (κ3) is 9.27. The van der Waals surface area contributed by atoms with E-state index in [1.54, 1.807) is 24.3 Å². The summed E-state index contributed by atoms with van der Waals surface area (Å²) in [6.07, 6.45) is -3.03. The number of pyridine rings is 1. The van der Waals surface area contributed by atoms with Crippen LogP contribution in [0.15, 0.2) is 55.1 Å². The number of carbonyl (C=O) groups is 2. The fraction of sp³-hybridized carbons (Fsp3) is 0.346. The van der Waals surface area contributed by atoms with Crippen LogP contribution >= 0.6 is 0 Å². The molecule has 0 bridgehead atoms. The third-order valence-electron chi connectivity index (χ3n) is 5.82. The average Bonchev–Trinajstić information content (AvgIpc) is 3.63. The molecular formula is C26H26F5N9O3. The van der Waals surface area contributed by atoms with Gasteiger partial charge in [0.2, 0.25) is 6.36 Å². The molecule has 0 radical (unpaired) electrons. The molecule has 3 heterocycles. The fourth-order valence-electron chi connectivity index (χ4n) is 3.77. The maximum atomic E-state index is 14.6. The van der Waals surface area contributed by atoms with Gasteiger partial charge in [-0.1, -0.05) is 22.6 Å². The minimum Gasteiger partial charge on any atom is -0.461 e. The largest absolute Gasteiger partial charge is 0.461 e. The van der Waals surface area contributed by atoms with Crippen molar-refractivity contribution in [1.29, 1.82) is 0 Å². The van der Waals surface area contributed by atoms with Crippen LogP contribution in [0.5, 0.6) is 5.75 Å². The Bertz CT molecular complexity index is 1540. The van der Waals surface area contributed by atoms with E-state index in [1.165, 1.54) is 30.2 Å². The van der Waals surface area contributed by atoms with Crippen LogP contribution < -0.4 is 15.4 Å². The van der Waals surface area contributed by atoms with Gasteiger partial charge in [-0.05, 0) is 29.3 Å². The second-order valence-corrected chi connectivity index (χ2v) is 9.33. The molecule has 0 spiro atoms. The molecule has 4 rings (SSSR count). The summed E-state index contributed by atoms with van der Waals surface area (Å²) in [5.74, 6) is -0.889. The van der Waals surface area contributed by atoms with Gasteiger partial charge in [0.1, 0.15) is 11.9 Å². The van der Waals surface area contributed by atoms with Crippen molar-refractivity contribution in [3.8, 4) is 5.75 Å². The zero-order valence-electron chi connectivity index (χ0n) is 22.6. The van der Waals surface area contributed by atoms with Gasteiger partial charge >= 0.3 is 6.18 Å². The highest BCUT2D eigenvalue weighted by Gasteiger charge is 2.31. The lowest BCUT2D eigenvalue weighted by Gasteiger charge is -2.09. The highest BCUT2D eigenvalue weighted by Crippen LogP contribution is 2.28. The van der Waals surface area contributed by atoms with Crippen LogP contribution in [0.4, 0.5) is 22.0 Å². The summed E-state index contributed by atoms with van der Waals surface area (Å²) in [5.41, 5.74) is -0.245. The van der Waals surface area contributed by atoms with Crippen LogP contribution in [0.25, 0.3) is 0 Å². The number of benzene rings is 1. The van der Waals surface area contributed by atoms with Crippen molar-refractivity contribution >= 4 is 11.8 Å². The fourth-order valence-corrected chi connectivity index (χ4v) is 3.77. The van der Waals surface area contributed by atoms with E-state index in [9.17, 15) is 31.5 Å². The van der Waals surface area contributed by atoms with E-state index < -0.39 is 36.1 Å². The highest BCUT2D eigenvalue weighted by atomic mass is 19.4. The van der Waals surface area contributed by atoms with Crippen molar-refractivity contribution in [2.75, 3.05) is 0 Å². The van der Waals surface area contributed by atoms with Crippen LogP contribution in [0.2, 0.25) is 0 Å². The van der Waals surface area contributed by atoms with Gasteiger partial charge in [-0.2, -0.15) is 13.2 Å². The number of aromatic nitrogens is 7. The second-order valence-electron chi connectivity index (χ2n) is 9.33. The first kappa shape index (κ1) is 31.0. The molecule has 0 saturated carbocycles. The van der Waals surface area contributed by atoms with Gasteiger partial charge in [-0.25, -0.2) is 13.5 Å². The molecular weight excluding hydrogens is 581 g/mol. The van der Waals surface area contributed by atoms with Crippen molar-refractivity contribution in [3.05, 3.63) is 83.2 Å². The minimum atomic E-state index is -4.56. The van der Waals surface area contributed by atoms with Gasteiger partial charge in [0, 0.05) is 45.4 Å². The lowest BCUT2D eigenvalue weighted by Crippen LogP contribution is -2.23. The Kier molecular flexibility index (Phi) is 9.95. The molecule has 2 N–H and O–H groups in total. The second kappa shape index (κ2) is 13.8. The van der Waals surface area contributed by atoms with Crippen LogP contribution in [-0.2, 0) is 32.4 Å². The Labute approximate surface area is 241 Å². The minimum absolute atomic E-state index is 0.0197. The third-order valence-corrected chi connectivity index (χ3v) is 5.82. The molecule has 17 heteroatoms. The number of amides is 2. The van der Waals surface area contributed by atoms with E-state index in [0.717, 1.165) is 10.7 Å². The van der Waals surface area contributed by atoms with E-state index in [4.69, 9.17) is 4.74 Å². The summed E-state index contributed by atoms with van der Waals surface area (Å²) in [5, 5.41) is 20.1.